The van der Waals surface area contributed by atoms with Crippen molar-refractivity contribution in [3.8, 4) is 5.75 Å². The van der Waals surface area contributed by atoms with Crippen LogP contribution in [0.5, 0.6) is 5.75 Å². The number of anilines is 2. The van der Waals surface area contributed by atoms with Crippen LogP contribution in [0.25, 0.3) is 0 Å². The van der Waals surface area contributed by atoms with Gasteiger partial charge in [-0.1, -0.05) is 6.07 Å². The highest BCUT2D eigenvalue weighted by molar-refractivity contribution is 7.98. The number of aliphatic imine (C=N–C) groups is 1. The average Bonchev–Trinajstić information content (AvgIpc) is 2.95. The van der Waals surface area contributed by atoms with Crippen LogP contribution in [0.2, 0.25) is 0 Å². The van der Waals surface area contributed by atoms with E-state index in [2.05, 4.69) is 10.3 Å². The third kappa shape index (κ3) is 4.81. The molecule has 1 aromatic heterocycles. The van der Waals surface area contributed by atoms with Gasteiger partial charge in [0, 0.05) is 16.8 Å². The Balaban J connectivity index is 1.58. The number of aromatic nitrogens is 1. The molecule has 0 fully saturated rings. The number of pyridine rings is 1. The first kappa shape index (κ1) is 21.6. The van der Waals surface area contributed by atoms with E-state index in [0.717, 1.165) is 16.2 Å². The van der Waals surface area contributed by atoms with Gasteiger partial charge >= 0.3 is 0 Å². The first-order valence-corrected chi connectivity index (χ1v) is 11.2. The van der Waals surface area contributed by atoms with E-state index in [-0.39, 0.29) is 24.8 Å². The molecule has 0 saturated heterocycles. The van der Waals surface area contributed by atoms with Crippen LogP contribution in [-0.4, -0.2) is 42.4 Å². The molecule has 2 aromatic carbocycles. The number of amides is 2. The van der Waals surface area contributed by atoms with E-state index in [4.69, 9.17) is 9.73 Å². The Morgan fingerprint density at radius 2 is 1.97 bits per heavy atom. The molecule has 0 unspecified atom stereocenters. The fourth-order valence-electron chi connectivity index (χ4n) is 3.38. The van der Waals surface area contributed by atoms with Gasteiger partial charge in [-0.3, -0.25) is 14.5 Å². The molecule has 0 spiro atoms. The van der Waals surface area contributed by atoms with Crippen LogP contribution in [0, 0.1) is 0 Å². The number of carbonyl (C=O) groups is 2. The van der Waals surface area contributed by atoms with Crippen LogP contribution in [0.1, 0.15) is 12.0 Å². The second-order valence-electron chi connectivity index (χ2n) is 7.07. The van der Waals surface area contributed by atoms with Crippen LogP contribution in [-0.2, 0) is 9.59 Å². The predicted octanol–water partition coefficient (Wildman–Crippen LogP) is 4.31. The van der Waals surface area contributed by atoms with Crippen LogP contribution in [0.3, 0.4) is 0 Å². The summed E-state index contributed by atoms with van der Waals surface area (Å²) in [6.45, 7) is -0.155. The van der Waals surface area contributed by atoms with Crippen LogP contribution in [0.4, 0.5) is 17.2 Å². The van der Waals surface area contributed by atoms with Gasteiger partial charge in [-0.25, -0.2) is 9.98 Å². The van der Waals surface area contributed by atoms with Crippen molar-refractivity contribution in [2.24, 2.45) is 4.99 Å². The topological polar surface area (TPSA) is 83.9 Å². The molecule has 8 heteroatoms. The normalized spacial score (nSPS) is 13.1. The van der Waals surface area contributed by atoms with Crippen molar-refractivity contribution in [2.75, 3.05) is 30.1 Å². The summed E-state index contributed by atoms with van der Waals surface area (Å²) in [5, 5.41) is 2.87. The number of methoxy groups -OCH3 is 1. The summed E-state index contributed by atoms with van der Waals surface area (Å²) < 4.78 is 5.21. The number of benzene rings is 2. The van der Waals surface area contributed by atoms with Crippen LogP contribution in [0.15, 0.2) is 76.7 Å². The molecule has 4 rings (SSSR count). The van der Waals surface area contributed by atoms with Crippen molar-refractivity contribution in [3.63, 3.8) is 0 Å². The smallest absolute Gasteiger partial charge is 0.244 e. The first-order chi connectivity index (χ1) is 15.6. The quantitative estimate of drug-likeness (QED) is 0.571. The third-order valence-electron chi connectivity index (χ3n) is 4.98. The molecule has 2 amide bonds. The zero-order valence-electron chi connectivity index (χ0n) is 17.7. The number of hydrogen-bond acceptors (Lipinski definition) is 6. The highest BCUT2D eigenvalue weighted by Crippen LogP contribution is 2.31. The van der Waals surface area contributed by atoms with Gasteiger partial charge in [0.1, 0.15) is 18.0 Å². The molecule has 0 aliphatic carbocycles. The summed E-state index contributed by atoms with van der Waals surface area (Å²) in [5.41, 5.74) is 2.65. The maximum absolute atomic E-state index is 13.2. The molecular formula is C24H22N4O3S. The van der Waals surface area contributed by atoms with Gasteiger partial charge in [-0.15, -0.1) is 11.8 Å². The fourth-order valence-corrected chi connectivity index (χ4v) is 3.84. The molecule has 1 N–H and O–H groups in total. The molecule has 0 saturated carbocycles. The lowest BCUT2D eigenvalue weighted by Crippen LogP contribution is -2.39. The second kappa shape index (κ2) is 9.65. The van der Waals surface area contributed by atoms with Gasteiger partial charge in [0.25, 0.3) is 0 Å². The second-order valence-corrected chi connectivity index (χ2v) is 7.95. The minimum Gasteiger partial charge on any atom is -0.497 e. The van der Waals surface area contributed by atoms with Crippen molar-refractivity contribution in [3.05, 3.63) is 72.4 Å². The molecule has 32 heavy (non-hydrogen) atoms. The number of hydrogen-bond donors (Lipinski definition) is 1. The zero-order chi connectivity index (χ0) is 22.5. The Hall–Kier alpha value is -3.65. The highest BCUT2D eigenvalue weighted by Gasteiger charge is 2.27. The molecule has 0 atom stereocenters. The first-order valence-electron chi connectivity index (χ1n) is 9.98. The summed E-state index contributed by atoms with van der Waals surface area (Å²) in [7, 11) is 1.60. The van der Waals surface area contributed by atoms with Gasteiger partial charge in [0.05, 0.1) is 19.2 Å². The highest BCUT2D eigenvalue weighted by atomic mass is 32.2. The Labute approximate surface area is 190 Å². The number of carbonyl (C=O) groups excluding carboxylic acids is 2. The standard InChI is InChI=1S/C24H22N4O3S/c1-31-18-10-8-16(9-11-18)21-14-23(30)28(24-20(27-21)7-4-12-25-24)15-22(29)26-17-5-3-6-19(13-17)32-2/h3-13H,14-15H2,1-2H3,(H,26,29). The summed E-state index contributed by atoms with van der Waals surface area (Å²) in [5.74, 6) is 0.542. The van der Waals surface area contributed by atoms with Gasteiger partial charge in [-0.05, 0) is 66.4 Å². The fraction of sp³-hybridized carbons (Fsp3) is 0.167. The molecule has 1 aliphatic heterocycles. The van der Waals surface area contributed by atoms with Crippen molar-refractivity contribution >= 4 is 46.5 Å². The largest absolute Gasteiger partial charge is 0.497 e. The lowest BCUT2D eigenvalue weighted by atomic mass is 10.1. The Morgan fingerprint density at radius 3 is 2.72 bits per heavy atom. The molecule has 162 valence electrons. The van der Waals surface area contributed by atoms with E-state index in [0.29, 0.717) is 22.9 Å². The molecule has 3 aromatic rings. The SMILES string of the molecule is COc1ccc(C2=Nc3cccnc3N(CC(=O)Nc3cccc(SC)c3)C(=O)C2)cc1. The minimum absolute atomic E-state index is 0.0535. The third-order valence-corrected chi connectivity index (χ3v) is 5.70. The lowest BCUT2D eigenvalue weighted by molar-refractivity contribution is -0.120. The van der Waals surface area contributed by atoms with E-state index in [1.54, 1.807) is 37.2 Å². The van der Waals surface area contributed by atoms with Crippen molar-refractivity contribution < 1.29 is 14.3 Å². The number of thioether (sulfide) groups is 1. The van der Waals surface area contributed by atoms with Gasteiger partial charge in [0.2, 0.25) is 11.8 Å². The Kier molecular flexibility index (Phi) is 6.51. The van der Waals surface area contributed by atoms with E-state index in [1.807, 2.05) is 54.8 Å². The number of nitrogens with one attached hydrogen (secondary N) is 1. The summed E-state index contributed by atoms with van der Waals surface area (Å²) in [6, 6.07) is 18.5. The van der Waals surface area contributed by atoms with Crippen LogP contribution < -0.4 is 15.0 Å². The van der Waals surface area contributed by atoms with E-state index in [9.17, 15) is 9.59 Å². The van der Waals surface area contributed by atoms with Crippen molar-refractivity contribution in [1.29, 1.82) is 0 Å². The average molecular weight is 447 g/mol. The maximum Gasteiger partial charge on any atom is 0.244 e. The predicted molar refractivity (Wildman–Crippen MR) is 127 cm³/mol. The van der Waals surface area contributed by atoms with E-state index >= 15 is 0 Å². The van der Waals surface area contributed by atoms with Gasteiger partial charge < -0.3 is 10.1 Å². The van der Waals surface area contributed by atoms with Crippen molar-refractivity contribution in [1.82, 2.24) is 4.98 Å². The minimum atomic E-state index is -0.305. The van der Waals surface area contributed by atoms with Crippen LogP contribution >= 0.6 is 11.8 Å². The molecule has 0 radical (unpaired) electrons. The Morgan fingerprint density at radius 1 is 1.16 bits per heavy atom. The molecule has 1 aliphatic rings. The Bertz CT molecular complexity index is 1180. The van der Waals surface area contributed by atoms with Crippen molar-refractivity contribution in [2.45, 2.75) is 11.3 Å². The number of fused-ring (bicyclic) bond motifs is 1. The summed E-state index contributed by atoms with van der Waals surface area (Å²) in [6.07, 6.45) is 3.62. The maximum atomic E-state index is 13.2. The molecule has 7 nitrogen and oxygen atoms in total. The summed E-state index contributed by atoms with van der Waals surface area (Å²) in [4.78, 5) is 37.4. The monoisotopic (exact) mass is 446 g/mol. The molecule has 2 heterocycles. The number of nitrogens with zero attached hydrogens (tertiary/aromatic N) is 3. The zero-order valence-corrected chi connectivity index (χ0v) is 18.6. The molecule has 0 bridgehead atoms. The summed E-state index contributed by atoms with van der Waals surface area (Å²) >= 11 is 1.59. The van der Waals surface area contributed by atoms with E-state index < -0.39 is 0 Å². The molecular weight excluding hydrogens is 424 g/mol. The van der Waals surface area contributed by atoms with E-state index in [1.165, 1.54) is 4.90 Å². The number of rotatable bonds is 6. The van der Waals surface area contributed by atoms with Gasteiger partial charge in [0.15, 0.2) is 5.82 Å². The van der Waals surface area contributed by atoms with Gasteiger partial charge in [-0.2, -0.15) is 0 Å². The number of ether oxygens (including phenoxy) is 1. The lowest BCUT2D eigenvalue weighted by Gasteiger charge is -2.20.